The Labute approximate surface area is 300 Å². The van der Waals surface area contributed by atoms with Gasteiger partial charge in [-0.15, -0.1) is 0 Å². The molecule has 2 heterocycles. The van der Waals surface area contributed by atoms with Crippen molar-refractivity contribution in [1.82, 2.24) is 15.2 Å². The number of aryl methyl sites for hydroxylation is 1. The Hall–Kier alpha value is -4.19. The molecule has 1 aliphatic rings. The van der Waals surface area contributed by atoms with Gasteiger partial charge in [0.2, 0.25) is 5.91 Å². The number of carbonyl (C=O) groups is 3. The van der Waals surface area contributed by atoms with Crippen LogP contribution < -0.4 is 14.8 Å². The largest absolute Gasteiger partial charge is 0.497 e. The lowest BCUT2D eigenvalue weighted by molar-refractivity contribution is -0.140. The van der Waals surface area contributed by atoms with E-state index in [-0.39, 0.29) is 29.4 Å². The van der Waals surface area contributed by atoms with E-state index >= 15 is 0 Å². The van der Waals surface area contributed by atoms with E-state index in [1.165, 1.54) is 30.5 Å². The molecule has 1 saturated heterocycles. The highest BCUT2D eigenvalue weighted by atomic mass is 35.5. The maximum atomic E-state index is 13.6. The van der Waals surface area contributed by atoms with Crippen molar-refractivity contribution in [2.75, 3.05) is 44.9 Å². The second-order valence-corrected chi connectivity index (χ2v) is 14.5. The van der Waals surface area contributed by atoms with Gasteiger partial charge in [0.15, 0.2) is 0 Å². The number of nitrogens with one attached hydrogen (secondary N) is 2. The highest BCUT2D eigenvalue weighted by Crippen LogP contribution is 2.35. The first-order chi connectivity index (χ1) is 24.2. The first-order valence-corrected chi connectivity index (χ1v) is 18.8. The van der Waals surface area contributed by atoms with E-state index in [2.05, 4.69) is 27.3 Å². The van der Waals surface area contributed by atoms with Gasteiger partial charge in [-0.1, -0.05) is 23.7 Å². The summed E-state index contributed by atoms with van der Waals surface area (Å²) in [4.78, 5) is 44.7. The van der Waals surface area contributed by atoms with Crippen LogP contribution in [0.2, 0.25) is 5.02 Å². The fraction of sp³-hybridized carbons (Fsp3) is 0.395. The number of rotatable bonds is 17. The second-order valence-electron chi connectivity index (χ2n) is 12.5. The zero-order valence-electron chi connectivity index (χ0n) is 28.5. The molecule has 0 bridgehead atoms. The van der Waals surface area contributed by atoms with Crippen LogP contribution in [-0.2, 0) is 31.7 Å². The number of aromatic nitrogens is 1. The van der Waals surface area contributed by atoms with Crippen LogP contribution in [0.15, 0.2) is 66.7 Å². The van der Waals surface area contributed by atoms with Crippen LogP contribution in [-0.4, -0.2) is 76.8 Å². The first-order valence-electron chi connectivity index (χ1n) is 16.9. The first kappa shape index (κ1) is 37.1. The molecule has 0 aliphatic carbocycles. The van der Waals surface area contributed by atoms with Gasteiger partial charge >= 0.3 is 11.9 Å². The van der Waals surface area contributed by atoms with E-state index in [1.807, 2.05) is 37.3 Å². The van der Waals surface area contributed by atoms with Crippen LogP contribution >= 0.6 is 11.6 Å². The third kappa shape index (κ3) is 10.4. The number of hydrogen-bond donors (Lipinski definition) is 2. The van der Waals surface area contributed by atoms with Crippen LogP contribution in [0.5, 0.6) is 11.5 Å². The Morgan fingerprint density at radius 3 is 2.54 bits per heavy atom. The Morgan fingerprint density at radius 2 is 1.78 bits per heavy atom. The number of amides is 1. The number of aromatic amines is 1. The molecule has 0 saturated carbocycles. The summed E-state index contributed by atoms with van der Waals surface area (Å²) in [7, 11) is 0.106. The number of esters is 2. The number of halogens is 1. The predicted octanol–water partition coefficient (Wildman–Crippen LogP) is 6.32. The minimum absolute atomic E-state index is 0.146. The van der Waals surface area contributed by atoms with Crippen molar-refractivity contribution in [3.05, 3.63) is 94.1 Å². The average Bonchev–Trinajstić information content (AvgIpc) is 3.73. The Bertz CT molecular complexity index is 1800. The second kappa shape index (κ2) is 18.2. The van der Waals surface area contributed by atoms with Crippen LogP contribution in [0.4, 0.5) is 0 Å². The molecular formula is C38H44ClN3O7S. The highest BCUT2D eigenvalue weighted by Gasteiger charge is 2.30. The van der Waals surface area contributed by atoms with Crippen LogP contribution in [0.3, 0.4) is 0 Å². The predicted molar refractivity (Wildman–Crippen MR) is 195 cm³/mol. The lowest BCUT2D eigenvalue weighted by Crippen LogP contribution is -2.30. The number of carbonyl (C=O) groups excluding carboxylic acids is 3. The molecule has 1 aliphatic heterocycles. The number of hydrogen-bond acceptors (Lipinski definition) is 8. The molecule has 4 aromatic rings. The molecule has 3 aromatic carbocycles. The normalized spacial score (nSPS) is 14.3. The number of methoxy groups -OCH3 is 1. The molecule has 0 spiro atoms. The number of ether oxygens (including phenoxy) is 3. The molecule has 2 unspecified atom stereocenters. The monoisotopic (exact) mass is 721 g/mol. The number of fused-ring (bicyclic) bond motifs is 1. The summed E-state index contributed by atoms with van der Waals surface area (Å²) in [5.41, 5.74) is 3.65. The van der Waals surface area contributed by atoms with Crippen LogP contribution in [0.1, 0.15) is 65.2 Å². The van der Waals surface area contributed by atoms with Crippen molar-refractivity contribution >= 4 is 51.1 Å². The molecule has 266 valence electrons. The van der Waals surface area contributed by atoms with E-state index in [4.69, 9.17) is 25.8 Å². The maximum absolute atomic E-state index is 13.6. The van der Waals surface area contributed by atoms with Crippen molar-refractivity contribution in [3.63, 3.8) is 0 Å². The molecule has 1 aromatic heterocycles. The van der Waals surface area contributed by atoms with Gasteiger partial charge in [-0.05, 0) is 118 Å². The van der Waals surface area contributed by atoms with Gasteiger partial charge in [0.05, 0.1) is 25.2 Å². The highest BCUT2D eigenvalue weighted by molar-refractivity contribution is 7.85. The van der Waals surface area contributed by atoms with Gasteiger partial charge in [-0.3, -0.25) is 18.7 Å². The summed E-state index contributed by atoms with van der Waals surface area (Å²) >= 11 is 5.95. The number of nitrogens with zero attached hydrogens (tertiary/aromatic N) is 1. The van der Waals surface area contributed by atoms with E-state index in [9.17, 15) is 18.6 Å². The van der Waals surface area contributed by atoms with Crippen molar-refractivity contribution in [3.8, 4) is 11.5 Å². The van der Waals surface area contributed by atoms with E-state index < -0.39 is 28.7 Å². The molecule has 2 atom stereocenters. The fourth-order valence-electron chi connectivity index (χ4n) is 6.23. The molecular weight excluding hydrogens is 678 g/mol. The minimum Gasteiger partial charge on any atom is -0.497 e. The summed E-state index contributed by atoms with van der Waals surface area (Å²) in [6.45, 7) is 5.91. The van der Waals surface area contributed by atoms with Crippen molar-refractivity contribution in [2.45, 2.75) is 51.5 Å². The lowest BCUT2D eigenvalue weighted by atomic mass is 9.92. The molecule has 1 fully saturated rings. The number of H-pyrrole nitrogens is 1. The summed E-state index contributed by atoms with van der Waals surface area (Å²) < 4.78 is 29.6. The SMILES string of the molecule is COc1ccc2[nH]c(C)c(C(CCCS(=O)CC(=O)NCCCOc3cccc(CN4CCCC4)c3)C(=O)OC(=O)c3ccc(Cl)cc3)c2c1. The van der Waals surface area contributed by atoms with Crippen LogP contribution in [0, 0.1) is 6.92 Å². The standard InChI is InChI=1S/C38H44ClN3O7S/c1-26-36(33-23-30(47-2)15-16-34(33)41-26)32(38(45)49-37(44)28-11-13-29(39)14-12-28)10-6-21-50(46)25-35(43)40-17-7-20-48-31-9-5-8-27(22-31)24-42-18-3-4-19-42/h5,8-9,11-16,22-23,32,41H,3-4,6-7,10,17-21,24-25H2,1-2H3,(H,40,43). The molecule has 1 amide bonds. The minimum atomic E-state index is -1.46. The molecule has 2 N–H and O–H groups in total. The van der Waals surface area contributed by atoms with Gasteiger partial charge in [-0.2, -0.15) is 0 Å². The zero-order chi connectivity index (χ0) is 35.5. The molecule has 50 heavy (non-hydrogen) atoms. The van der Waals surface area contributed by atoms with Crippen LogP contribution in [0.25, 0.3) is 10.9 Å². The summed E-state index contributed by atoms with van der Waals surface area (Å²) in [5, 5.41) is 4.04. The van der Waals surface area contributed by atoms with Crippen molar-refractivity contribution in [1.29, 1.82) is 0 Å². The molecule has 12 heteroatoms. The topological polar surface area (TPSA) is 127 Å². The third-order valence-corrected chi connectivity index (χ3v) is 10.3. The van der Waals surface area contributed by atoms with Gasteiger partial charge in [0, 0.05) is 51.3 Å². The molecule has 0 radical (unpaired) electrons. The van der Waals surface area contributed by atoms with E-state index in [0.717, 1.165) is 42.0 Å². The Morgan fingerprint density at radius 1 is 1.00 bits per heavy atom. The van der Waals surface area contributed by atoms with Gasteiger partial charge < -0.3 is 24.5 Å². The summed E-state index contributed by atoms with van der Waals surface area (Å²) in [5.74, 6) is -1.17. The van der Waals surface area contributed by atoms with E-state index in [0.29, 0.717) is 42.3 Å². The summed E-state index contributed by atoms with van der Waals surface area (Å²) in [6, 6.07) is 19.7. The van der Waals surface area contributed by atoms with Gasteiger partial charge in [-0.25, -0.2) is 4.79 Å². The average molecular weight is 722 g/mol. The van der Waals surface area contributed by atoms with E-state index in [1.54, 1.807) is 19.2 Å². The number of benzene rings is 3. The van der Waals surface area contributed by atoms with Crippen molar-refractivity contribution < 1.29 is 32.8 Å². The molecule has 10 nitrogen and oxygen atoms in total. The van der Waals surface area contributed by atoms with Gasteiger partial charge in [0.1, 0.15) is 17.3 Å². The quantitative estimate of drug-likeness (QED) is 0.0738. The Kier molecular flexibility index (Phi) is 13.5. The molecule has 5 rings (SSSR count). The fourth-order valence-corrected chi connectivity index (χ4v) is 7.38. The zero-order valence-corrected chi connectivity index (χ0v) is 30.1. The smallest absolute Gasteiger partial charge is 0.345 e. The maximum Gasteiger partial charge on any atom is 0.345 e. The third-order valence-electron chi connectivity index (χ3n) is 8.72. The van der Waals surface area contributed by atoms with Crippen molar-refractivity contribution in [2.24, 2.45) is 0 Å². The Balaban J connectivity index is 1.11. The number of likely N-dealkylation sites (tertiary alicyclic amines) is 1. The lowest BCUT2D eigenvalue weighted by Gasteiger charge is -2.17. The summed E-state index contributed by atoms with van der Waals surface area (Å²) in [6.07, 6.45) is 3.73. The van der Waals surface area contributed by atoms with Gasteiger partial charge in [0.25, 0.3) is 0 Å².